The van der Waals surface area contributed by atoms with Crippen LogP contribution in [0.1, 0.15) is 67.9 Å². The highest BCUT2D eigenvalue weighted by atomic mass is 16.2. The minimum absolute atomic E-state index is 0.00410. The molecule has 0 atom stereocenters. The molecule has 1 spiro atoms. The maximum atomic E-state index is 12.9. The van der Waals surface area contributed by atoms with Crippen molar-refractivity contribution in [3.8, 4) is 0 Å². The van der Waals surface area contributed by atoms with Gasteiger partial charge in [0.05, 0.1) is 11.9 Å². The number of nitrogens with zero attached hydrogens (tertiary/aromatic N) is 7. The first-order valence-electron chi connectivity index (χ1n) is 14.9. The number of hydrogen-bond acceptors (Lipinski definition) is 8. The van der Waals surface area contributed by atoms with E-state index in [1.165, 1.54) is 45.1 Å². The van der Waals surface area contributed by atoms with Crippen molar-refractivity contribution < 1.29 is 4.79 Å². The number of rotatable bonds is 5. The summed E-state index contributed by atoms with van der Waals surface area (Å²) >= 11 is 0. The van der Waals surface area contributed by atoms with Gasteiger partial charge in [-0.15, -0.1) is 0 Å². The average Bonchev–Trinajstić information content (AvgIpc) is 3.55. The first-order chi connectivity index (χ1) is 19.4. The number of nitrogens with one attached hydrogen (secondary N) is 2. The normalized spacial score (nSPS) is 20.5. The van der Waals surface area contributed by atoms with Crippen LogP contribution in [0.4, 0.5) is 17.5 Å². The Labute approximate surface area is 237 Å². The van der Waals surface area contributed by atoms with Crippen molar-refractivity contribution >= 4 is 34.4 Å². The Morgan fingerprint density at radius 1 is 1.02 bits per heavy atom. The molecule has 2 saturated heterocycles. The molecular weight excluding hydrogens is 502 g/mol. The summed E-state index contributed by atoms with van der Waals surface area (Å²) < 4.78 is 2.13. The molecule has 214 valence electrons. The van der Waals surface area contributed by atoms with E-state index in [1.54, 1.807) is 25.2 Å². The van der Waals surface area contributed by atoms with Gasteiger partial charge in [0, 0.05) is 63.4 Å². The first kappa shape index (κ1) is 27.0. The van der Waals surface area contributed by atoms with E-state index in [-0.39, 0.29) is 5.91 Å². The second-order valence-corrected chi connectivity index (χ2v) is 12.1. The maximum Gasteiger partial charge on any atom is 0.270 e. The second kappa shape index (κ2) is 11.3. The van der Waals surface area contributed by atoms with Crippen LogP contribution in [-0.2, 0) is 0 Å². The zero-order chi connectivity index (χ0) is 27.7. The Bertz CT molecular complexity index is 1300. The van der Waals surface area contributed by atoms with E-state index in [1.807, 2.05) is 18.3 Å². The van der Waals surface area contributed by atoms with Gasteiger partial charge in [0.2, 0.25) is 5.95 Å². The number of likely N-dealkylation sites (N-methyl/N-ethyl adjacent to an activating group) is 1. The summed E-state index contributed by atoms with van der Waals surface area (Å²) in [6, 6.07) is 6.28. The molecule has 0 radical (unpaired) electrons. The number of carbonyl (C=O) groups is 1. The molecule has 1 amide bonds. The Hall–Kier alpha value is -3.24. The molecule has 2 N–H and O–H groups in total. The van der Waals surface area contributed by atoms with Gasteiger partial charge in [-0.2, -0.15) is 4.98 Å². The van der Waals surface area contributed by atoms with E-state index in [0.717, 1.165) is 55.7 Å². The van der Waals surface area contributed by atoms with Crippen LogP contribution < -0.4 is 15.5 Å². The minimum atomic E-state index is -0.00410. The van der Waals surface area contributed by atoms with Gasteiger partial charge in [-0.05, 0) is 70.3 Å². The molecule has 5 heterocycles. The molecule has 4 fully saturated rings. The van der Waals surface area contributed by atoms with Crippen LogP contribution in [0.2, 0.25) is 0 Å². The van der Waals surface area contributed by atoms with Crippen molar-refractivity contribution in [2.75, 3.05) is 64.1 Å². The molecule has 3 aromatic heterocycles. The molecule has 0 aromatic carbocycles. The van der Waals surface area contributed by atoms with E-state index < -0.39 is 0 Å². The third-order valence-corrected chi connectivity index (χ3v) is 9.16. The molecule has 40 heavy (non-hydrogen) atoms. The van der Waals surface area contributed by atoms with Crippen LogP contribution in [-0.4, -0.2) is 94.6 Å². The lowest BCUT2D eigenvalue weighted by Crippen LogP contribution is -2.61. The van der Waals surface area contributed by atoms with Crippen LogP contribution in [0.5, 0.6) is 0 Å². The fourth-order valence-corrected chi connectivity index (χ4v) is 6.33. The summed E-state index contributed by atoms with van der Waals surface area (Å²) in [5.74, 6) is 1.19. The molecular formula is C30H43N9O. The predicted octanol–water partition coefficient (Wildman–Crippen LogP) is 4.04. The minimum Gasteiger partial charge on any atom is -0.368 e. The standard InChI is InChI=1S/C24H32N8O.C6H11N/c1-29(2)23(33)20-14-17-15-26-24(28-22(17)32(20)18-6-4-5-7-18)27-21-9-8-19(16-25-21)31-12-10-30(3)11-13-31;1-2-6(3-1)4-5-7-6/h8-9,14-16,18H,4-7,10-13H2,1-3H3,(H,25,26,27,28);7H,1-5H2. The molecule has 2 aliphatic carbocycles. The van der Waals surface area contributed by atoms with Gasteiger partial charge < -0.3 is 29.9 Å². The van der Waals surface area contributed by atoms with Gasteiger partial charge in [0.25, 0.3) is 5.91 Å². The highest BCUT2D eigenvalue weighted by molar-refractivity contribution is 5.97. The number of hydrogen-bond donors (Lipinski definition) is 2. The number of fused-ring (bicyclic) bond motifs is 1. The van der Waals surface area contributed by atoms with E-state index in [0.29, 0.717) is 29.0 Å². The van der Waals surface area contributed by atoms with Crippen LogP contribution >= 0.6 is 0 Å². The van der Waals surface area contributed by atoms with Crippen molar-refractivity contribution in [2.24, 2.45) is 0 Å². The zero-order valence-corrected chi connectivity index (χ0v) is 24.2. The fourth-order valence-electron chi connectivity index (χ4n) is 6.33. The van der Waals surface area contributed by atoms with Crippen molar-refractivity contribution in [1.82, 2.24) is 34.6 Å². The number of pyridine rings is 1. The number of aromatic nitrogens is 4. The van der Waals surface area contributed by atoms with Gasteiger partial charge in [-0.25, -0.2) is 9.97 Å². The van der Waals surface area contributed by atoms with Gasteiger partial charge in [0.1, 0.15) is 17.2 Å². The first-order valence-corrected chi connectivity index (χ1v) is 14.9. The summed E-state index contributed by atoms with van der Waals surface area (Å²) in [6.45, 7) is 5.42. The smallest absolute Gasteiger partial charge is 0.270 e. The van der Waals surface area contributed by atoms with Crippen molar-refractivity contribution in [1.29, 1.82) is 0 Å². The molecule has 0 bridgehead atoms. The van der Waals surface area contributed by atoms with Crippen LogP contribution in [0.15, 0.2) is 30.6 Å². The zero-order valence-electron chi connectivity index (χ0n) is 24.2. The molecule has 2 aliphatic heterocycles. The lowest BCUT2D eigenvalue weighted by Gasteiger charge is -2.50. The molecule has 3 aromatic rings. The van der Waals surface area contributed by atoms with Gasteiger partial charge in [0.15, 0.2) is 0 Å². The molecule has 10 heteroatoms. The average molecular weight is 546 g/mol. The number of carbonyl (C=O) groups excluding carboxylic acids is 1. The summed E-state index contributed by atoms with van der Waals surface area (Å²) in [7, 11) is 5.73. The lowest BCUT2D eigenvalue weighted by molar-refractivity contribution is 0.0815. The van der Waals surface area contributed by atoms with E-state index >= 15 is 0 Å². The number of anilines is 3. The Morgan fingerprint density at radius 2 is 1.77 bits per heavy atom. The molecule has 0 unspecified atom stereocenters. The predicted molar refractivity (Wildman–Crippen MR) is 159 cm³/mol. The van der Waals surface area contributed by atoms with Gasteiger partial charge >= 0.3 is 0 Å². The van der Waals surface area contributed by atoms with Crippen molar-refractivity contribution in [2.45, 2.75) is 62.9 Å². The third kappa shape index (κ3) is 5.51. The maximum absolute atomic E-state index is 12.9. The number of piperazine rings is 1. The van der Waals surface area contributed by atoms with Crippen LogP contribution in [0.3, 0.4) is 0 Å². The summed E-state index contributed by atoms with van der Waals surface area (Å²) in [5.41, 5.74) is 3.31. The fraction of sp³-hybridized carbons (Fsp3) is 0.600. The highest BCUT2D eigenvalue weighted by Gasteiger charge is 2.41. The summed E-state index contributed by atoms with van der Waals surface area (Å²) in [4.78, 5) is 33.1. The largest absolute Gasteiger partial charge is 0.368 e. The van der Waals surface area contributed by atoms with Gasteiger partial charge in [-0.1, -0.05) is 12.8 Å². The SMILES string of the molecule is C1CC2(C1)CCN2.CN1CCN(c2ccc(Nc3ncc4cc(C(=O)N(C)C)n(C5CCCC5)c4n3)nc2)CC1. The second-order valence-electron chi connectivity index (χ2n) is 12.1. The summed E-state index contributed by atoms with van der Waals surface area (Å²) in [6.07, 6.45) is 14.0. The molecule has 10 nitrogen and oxygen atoms in total. The highest BCUT2D eigenvalue weighted by Crippen LogP contribution is 2.39. The van der Waals surface area contributed by atoms with Crippen molar-refractivity contribution in [3.05, 3.63) is 36.3 Å². The van der Waals surface area contributed by atoms with E-state index in [2.05, 4.69) is 48.1 Å². The number of amides is 1. The monoisotopic (exact) mass is 545 g/mol. The van der Waals surface area contributed by atoms with Crippen LogP contribution in [0, 0.1) is 0 Å². The van der Waals surface area contributed by atoms with Gasteiger partial charge in [-0.3, -0.25) is 4.79 Å². The Kier molecular flexibility index (Phi) is 7.63. The quantitative estimate of drug-likeness (QED) is 0.496. The molecule has 4 aliphatic rings. The van der Waals surface area contributed by atoms with Crippen LogP contribution in [0.25, 0.3) is 11.0 Å². The van der Waals surface area contributed by atoms with E-state index in [4.69, 9.17) is 4.98 Å². The molecule has 7 rings (SSSR count). The Morgan fingerprint density at radius 3 is 2.33 bits per heavy atom. The molecule has 2 saturated carbocycles. The van der Waals surface area contributed by atoms with Crippen molar-refractivity contribution in [3.63, 3.8) is 0 Å². The summed E-state index contributed by atoms with van der Waals surface area (Å²) in [5, 5.41) is 7.59. The van der Waals surface area contributed by atoms with E-state index in [9.17, 15) is 4.79 Å². The third-order valence-electron chi connectivity index (χ3n) is 9.16. The topological polar surface area (TPSA) is 94.5 Å². The lowest BCUT2D eigenvalue weighted by atomic mass is 9.70. The Balaban J connectivity index is 0.000000355.